The van der Waals surface area contributed by atoms with E-state index in [1.165, 1.54) is 11.3 Å². The fourth-order valence-electron chi connectivity index (χ4n) is 2.03. The minimum absolute atomic E-state index is 0.0502. The highest BCUT2D eigenvalue weighted by Gasteiger charge is 2.14. The van der Waals surface area contributed by atoms with Crippen LogP contribution in [0.5, 0.6) is 0 Å². The molecule has 1 aromatic carbocycles. The zero-order valence-electron chi connectivity index (χ0n) is 11.8. The Labute approximate surface area is 122 Å². The zero-order chi connectivity index (χ0) is 14.7. The maximum Gasteiger partial charge on any atom is 0.338 e. The van der Waals surface area contributed by atoms with Crippen molar-refractivity contribution in [2.45, 2.75) is 27.4 Å². The van der Waals surface area contributed by atoms with Gasteiger partial charge in [-0.1, -0.05) is 6.07 Å². The first-order valence-electron chi connectivity index (χ1n) is 6.42. The Morgan fingerprint density at radius 3 is 2.70 bits per heavy atom. The van der Waals surface area contributed by atoms with Gasteiger partial charge in [0.05, 0.1) is 29.3 Å². The number of esters is 1. The van der Waals surface area contributed by atoms with Crippen molar-refractivity contribution in [2.75, 3.05) is 6.61 Å². The maximum absolute atomic E-state index is 11.8. The van der Waals surface area contributed by atoms with Crippen LogP contribution in [0.1, 0.15) is 33.5 Å². The summed E-state index contributed by atoms with van der Waals surface area (Å²) in [5.41, 5.74) is 3.35. The van der Waals surface area contributed by atoms with E-state index in [4.69, 9.17) is 9.84 Å². The summed E-state index contributed by atoms with van der Waals surface area (Å²) in [4.78, 5) is 17.1. The van der Waals surface area contributed by atoms with Crippen molar-refractivity contribution in [3.63, 3.8) is 0 Å². The molecular formula is C15H17NO3S. The number of hydrogen-bond acceptors (Lipinski definition) is 5. The molecule has 4 nitrogen and oxygen atoms in total. The Hall–Kier alpha value is -1.72. The maximum atomic E-state index is 11.8. The molecule has 2 rings (SSSR count). The third kappa shape index (κ3) is 2.89. The molecule has 5 heteroatoms. The number of aryl methyl sites for hydroxylation is 2. The van der Waals surface area contributed by atoms with Crippen molar-refractivity contribution in [3.05, 3.63) is 40.0 Å². The topological polar surface area (TPSA) is 59.4 Å². The van der Waals surface area contributed by atoms with Crippen molar-refractivity contribution in [1.82, 2.24) is 4.98 Å². The molecule has 20 heavy (non-hydrogen) atoms. The molecule has 0 radical (unpaired) electrons. The second-order valence-electron chi connectivity index (χ2n) is 4.43. The molecule has 2 aromatic rings. The van der Waals surface area contributed by atoms with E-state index in [0.29, 0.717) is 17.2 Å². The van der Waals surface area contributed by atoms with Gasteiger partial charge in [-0.3, -0.25) is 0 Å². The van der Waals surface area contributed by atoms with E-state index in [1.807, 2.05) is 26.0 Å². The van der Waals surface area contributed by atoms with Gasteiger partial charge in [0.15, 0.2) is 0 Å². The summed E-state index contributed by atoms with van der Waals surface area (Å²) < 4.78 is 5.02. The van der Waals surface area contributed by atoms with Gasteiger partial charge in [-0.15, -0.1) is 11.3 Å². The van der Waals surface area contributed by atoms with Crippen LogP contribution in [0.3, 0.4) is 0 Å². The summed E-state index contributed by atoms with van der Waals surface area (Å²) in [5, 5.41) is 9.84. The number of aliphatic hydroxyl groups is 1. The van der Waals surface area contributed by atoms with Crippen molar-refractivity contribution in [2.24, 2.45) is 0 Å². The highest BCUT2D eigenvalue weighted by atomic mass is 32.1. The molecule has 1 N–H and O–H groups in total. The number of benzene rings is 1. The lowest BCUT2D eigenvalue weighted by Gasteiger charge is -2.07. The number of aromatic nitrogens is 1. The van der Waals surface area contributed by atoms with Crippen molar-refractivity contribution in [3.8, 4) is 10.4 Å². The molecule has 1 aromatic heterocycles. The average molecular weight is 291 g/mol. The molecule has 106 valence electrons. The summed E-state index contributed by atoms with van der Waals surface area (Å²) >= 11 is 1.47. The summed E-state index contributed by atoms with van der Waals surface area (Å²) in [7, 11) is 0. The Morgan fingerprint density at radius 1 is 1.40 bits per heavy atom. The first kappa shape index (κ1) is 14.7. The fourth-order valence-corrected chi connectivity index (χ4v) is 2.95. The molecule has 0 bridgehead atoms. The van der Waals surface area contributed by atoms with E-state index in [9.17, 15) is 4.79 Å². The number of aliphatic hydroxyl groups excluding tert-OH is 1. The van der Waals surface area contributed by atoms with Gasteiger partial charge in [0.2, 0.25) is 0 Å². The predicted molar refractivity (Wildman–Crippen MR) is 78.9 cm³/mol. The summed E-state index contributed by atoms with van der Waals surface area (Å²) in [6, 6.07) is 5.62. The van der Waals surface area contributed by atoms with Crippen molar-refractivity contribution < 1.29 is 14.6 Å². The van der Waals surface area contributed by atoms with Crippen LogP contribution in [-0.2, 0) is 11.3 Å². The van der Waals surface area contributed by atoms with E-state index in [0.717, 1.165) is 21.7 Å². The fraction of sp³-hybridized carbons (Fsp3) is 0.333. The first-order chi connectivity index (χ1) is 9.56. The van der Waals surface area contributed by atoms with Crippen LogP contribution in [-0.4, -0.2) is 22.7 Å². The largest absolute Gasteiger partial charge is 0.462 e. The van der Waals surface area contributed by atoms with Gasteiger partial charge in [-0.25, -0.2) is 9.78 Å². The number of carbonyl (C=O) groups is 1. The van der Waals surface area contributed by atoms with Crippen LogP contribution in [0, 0.1) is 13.8 Å². The van der Waals surface area contributed by atoms with Gasteiger partial charge in [0.1, 0.15) is 5.01 Å². The third-order valence-corrected chi connectivity index (χ3v) is 4.15. The summed E-state index contributed by atoms with van der Waals surface area (Å²) in [6.07, 6.45) is 0. The Balaban J connectivity index is 2.37. The molecular weight excluding hydrogens is 274 g/mol. The number of rotatable bonds is 4. The zero-order valence-corrected chi connectivity index (χ0v) is 12.6. The summed E-state index contributed by atoms with van der Waals surface area (Å²) in [6.45, 7) is 5.91. The normalized spacial score (nSPS) is 10.6. The van der Waals surface area contributed by atoms with Gasteiger partial charge in [0.25, 0.3) is 0 Å². The third-order valence-electron chi connectivity index (χ3n) is 2.96. The molecule has 0 aliphatic heterocycles. The van der Waals surface area contributed by atoms with Gasteiger partial charge in [0, 0.05) is 0 Å². The summed E-state index contributed by atoms with van der Waals surface area (Å²) in [5.74, 6) is -0.298. The number of nitrogens with zero attached hydrogens (tertiary/aromatic N) is 1. The highest BCUT2D eigenvalue weighted by Crippen LogP contribution is 2.31. The molecule has 0 fully saturated rings. The van der Waals surface area contributed by atoms with Crippen LogP contribution in [0.15, 0.2) is 18.2 Å². The monoisotopic (exact) mass is 291 g/mol. The quantitative estimate of drug-likeness (QED) is 0.879. The SMILES string of the molecule is CCOC(=O)c1ccc(-c2sc(CO)nc2C)cc1C. The van der Waals surface area contributed by atoms with Crippen LogP contribution in [0.4, 0.5) is 0 Å². The predicted octanol–water partition coefficient (Wildman–Crippen LogP) is 3.10. The molecule has 0 aliphatic rings. The molecule has 0 saturated carbocycles. The number of carbonyl (C=O) groups excluding carboxylic acids is 1. The molecule has 0 aliphatic carbocycles. The van der Waals surface area contributed by atoms with Gasteiger partial charge in [-0.05, 0) is 44.0 Å². The molecule has 0 saturated heterocycles. The average Bonchev–Trinajstić information content (AvgIpc) is 2.80. The molecule has 0 amide bonds. The second-order valence-corrected chi connectivity index (χ2v) is 5.51. The van der Waals surface area contributed by atoms with Crippen LogP contribution >= 0.6 is 11.3 Å². The van der Waals surface area contributed by atoms with Crippen LogP contribution in [0.2, 0.25) is 0 Å². The molecule has 1 heterocycles. The number of thiazole rings is 1. The van der Waals surface area contributed by atoms with E-state index in [1.54, 1.807) is 13.0 Å². The van der Waals surface area contributed by atoms with Crippen LogP contribution < -0.4 is 0 Å². The molecule has 0 atom stereocenters. The minimum atomic E-state index is -0.298. The number of ether oxygens (including phenoxy) is 1. The Bertz CT molecular complexity index is 634. The highest BCUT2D eigenvalue weighted by molar-refractivity contribution is 7.15. The van der Waals surface area contributed by atoms with Crippen molar-refractivity contribution in [1.29, 1.82) is 0 Å². The van der Waals surface area contributed by atoms with E-state index >= 15 is 0 Å². The van der Waals surface area contributed by atoms with E-state index in [-0.39, 0.29) is 12.6 Å². The van der Waals surface area contributed by atoms with E-state index in [2.05, 4.69) is 4.98 Å². The van der Waals surface area contributed by atoms with Gasteiger partial charge < -0.3 is 9.84 Å². The number of hydrogen-bond donors (Lipinski definition) is 1. The molecule has 0 unspecified atom stereocenters. The Morgan fingerprint density at radius 2 is 2.15 bits per heavy atom. The van der Waals surface area contributed by atoms with Crippen LogP contribution in [0.25, 0.3) is 10.4 Å². The lowest BCUT2D eigenvalue weighted by atomic mass is 10.0. The Kier molecular flexibility index (Phi) is 4.52. The lowest BCUT2D eigenvalue weighted by molar-refractivity contribution is 0.0525. The standard InChI is InChI=1S/C15H17NO3S/c1-4-19-15(18)12-6-5-11(7-9(12)2)14-10(3)16-13(8-17)20-14/h5-7,17H,4,8H2,1-3H3. The second kappa shape index (κ2) is 6.15. The smallest absolute Gasteiger partial charge is 0.338 e. The van der Waals surface area contributed by atoms with Gasteiger partial charge >= 0.3 is 5.97 Å². The van der Waals surface area contributed by atoms with E-state index < -0.39 is 0 Å². The minimum Gasteiger partial charge on any atom is -0.462 e. The first-order valence-corrected chi connectivity index (χ1v) is 7.23. The van der Waals surface area contributed by atoms with Crippen molar-refractivity contribution >= 4 is 17.3 Å². The van der Waals surface area contributed by atoms with Gasteiger partial charge in [-0.2, -0.15) is 0 Å². The molecule has 0 spiro atoms. The lowest BCUT2D eigenvalue weighted by Crippen LogP contribution is -2.06.